The van der Waals surface area contributed by atoms with Gasteiger partial charge in [0.05, 0.1) is 24.7 Å². The minimum Gasteiger partial charge on any atom is -0.490 e. The normalized spacial score (nSPS) is 12.3. The van der Waals surface area contributed by atoms with Crippen molar-refractivity contribution >= 4 is 21.9 Å². The number of hydrogen-bond donors (Lipinski definition) is 3. The number of hydrogen-bond acceptors (Lipinski definition) is 6. The average molecular weight is 374 g/mol. The van der Waals surface area contributed by atoms with Crippen molar-refractivity contribution in [3.63, 3.8) is 0 Å². The molecule has 3 N–H and O–H groups in total. The van der Waals surface area contributed by atoms with Crippen LogP contribution in [0.4, 0.5) is 0 Å². The lowest BCUT2D eigenvalue weighted by atomic mass is 10.3. The van der Waals surface area contributed by atoms with Gasteiger partial charge in [-0.25, -0.2) is 13.1 Å². The summed E-state index contributed by atoms with van der Waals surface area (Å²) in [5.74, 6) is -1.29. The van der Waals surface area contributed by atoms with Crippen LogP contribution in [-0.2, 0) is 19.6 Å². The van der Waals surface area contributed by atoms with Gasteiger partial charge < -0.3 is 19.9 Å². The highest BCUT2D eigenvalue weighted by Crippen LogP contribution is 2.30. The Morgan fingerprint density at radius 1 is 1.16 bits per heavy atom. The van der Waals surface area contributed by atoms with Crippen LogP contribution in [0.25, 0.3) is 0 Å². The van der Waals surface area contributed by atoms with Crippen LogP contribution < -0.4 is 19.5 Å². The Labute approximate surface area is 146 Å². The van der Waals surface area contributed by atoms with E-state index >= 15 is 0 Å². The second kappa shape index (κ2) is 9.23. The standard InChI is InChI=1S/C15H22N2O7S/c1-4-23-12-7-6-11(8-13(12)24-5-2)25(21,22)16-9-14(18)17-10(3)15(19)20/h6-8,10,16H,4-5,9H2,1-3H3,(H,17,18)(H,19,20)/t10-/m0/s1. The first-order valence-corrected chi connectivity index (χ1v) is 9.11. The largest absolute Gasteiger partial charge is 0.490 e. The highest BCUT2D eigenvalue weighted by molar-refractivity contribution is 7.89. The van der Waals surface area contributed by atoms with E-state index in [1.165, 1.54) is 25.1 Å². The third-order valence-electron chi connectivity index (χ3n) is 3.00. The zero-order valence-corrected chi connectivity index (χ0v) is 15.1. The Kier molecular flexibility index (Phi) is 7.65. The van der Waals surface area contributed by atoms with Gasteiger partial charge in [0.15, 0.2) is 11.5 Å². The SMILES string of the molecule is CCOc1ccc(S(=O)(=O)NCC(=O)N[C@@H](C)C(=O)O)cc1OCC. The molecule has 1 atom stereocenters. The van der Waals surface area contributed by atoms with Gasteiger partial charge in [-0.05, 0) is 32.9 Å². The molecule has 0 saturated heterocycles. The summed E-state index contributed by atoms with van der Waals surface area (Å²) in [6.07, 6.45) is 0. The fourth-order valence-electron chi connectivity index (χ4n) is 1.80. The molecule has 0 aliphatic rings. The van der Waals surface area contributed by atoms with E-state index in [4.69, 9.17) is 14.6 Å². The Balaban J connectivity index is 2.86. The first-order chi connectivity index (χ1) is 11.7. The number of benzene rings is 1. The molecule has 140 valence electrons. The van der Waals surface area contributed by atoms with Gasteiger partial charge >= 0.3 is 5.97 Å². The summed E-state index contributed by atoms with van der Waals surface area (Å²) in [7, 11) is -3.98. The predicted molar refractivity (Wildman–Crippen MR) is 89.2 cm³/mol. The number of carbonyl (C=O) groups is 2. The minimum atomic E-state index is -3.98. The van der Waals surface area contributed by atoms with Gasteiger partial charge in [-0.2, -0.15) is 0 Å². The average Bonchev–Trinajstić information content (AvgIpc) is 2.55. The number of carbonyl (C=O) groups excluding carboxylic acids is 1. The molecular formula is C15H22N2O7S. The summed E-state index contributed by atoms with van der Waals surface area (Å²) in [6, 6.07) is 2.98. The molecule has 10 heteroatoms. The monoisotopic (exact) mass is 374 g/mol. The summed E-state index contributed by atoms with van der Waals surface area (Å²) in [4.78, 5) is 22.2. The van der Waals surface area contributed by atoms with Gasteiger partial charge in [-0.15, -0.1) is 0 Å². The molecule has 1 aromatic carbocycles. The molecule has 0 fully saturated rings. The van der Waals surface area contributed by atoms with Crippen LogP contribution in [0.3, 0.4) is 0 Å². The molecule has 9 nitrogen and oxygen atoms in total. The molecule has 1 amide bonds. The molecule has 0 heterocycles. The molecular weight excluding hydrogens is 352 g/mol. The van der Waals surface area contributed by atoms with E-state index in [2.05, 4.69) is 10.0 Å². The van der Waals surface area contributed by atoms with Crippen molar-refractivity contribution in [1.29, 1.82) is 0 Å². The van der Waals surface area contributed by atoms with Gasteiger partial charge in [0.25, 0.3) is 0 Å². The summed E-state index contributed by atoms with van der Waals surface area (Å²) < 4.78 is 37.4. The van der Waals surface area contributed by atoms with Crippen LogP contribution in [0, 0.1) is 0 Å². The van der Waals surface area contributed by atoms with E-state index in [0.29, 0.717) is 19.0 Å². The quantitative estimate of drug-likeness (QED) is 0.538. The third kappa shape index (κ3) is 6.24. The number of carboxylic acid groups (broad SMARTS) is 1. The fourth-order valence-corrected chi connectivity index (χ4v) is 2.79. The Morgan fingerprint density at radius 2 is 1.76 bits per heavy atom. The number of rotatable bonds is 10. The van der Waals surface area contributed by atoms with Gasteiger partial charge in [0.1, 0.15) is 6.04 Å². The van der Waals surface area contributed by atoms with Crippen molar-refractivity contribution in [2.24, 2.45) is 0 Å². The number of aliphatic carboxylic acids is 1. The lowest BCUT2D eigenvalue weighted by Gasteiger charge is -2.13. The summed E-state index contributed by atoms with van der Waals surface area (Å²) in [5.41, 5.74) is 0. The van der Waals surface area contributed by atoms with Crippen LogP contribution in [-0.4, -0.2) is 51.2 Å². The van der Waals surface area contributed by atoms with Crippen molar-refractivity contribution in [3.05, 3.63) is 18.2 Å². The number of ether oxygens (including phenoxy) is 2. The molecule has 0 aliphatic heterocycles. The van der Waals surface area contributed by atoms with E-state index in [9.17, 15) is 18.0 Å². The lowest BCUT2D eigenvalue weighted by Crippen LogP contribution is -2.43. The highest BCUT2D eigenvalue weighted by atomic mass is 32.2. The molecule has 0 aliphatic carbocycles. The molecule has 0 aromatic heterocycles. The van der Waals surface area contributed by atoms with Gasteiger partial charge in [-0.1, -0.05) is 0 Å². The van der Waals surface area contributed by atoms with Crippen LogP contribution in [0.15, 0.2) is 23.1 Å². The van der Waals surface area contributed by atoms with Crippen molar-refractivity contribution < 1.29 is 32.6 Å². The number of nitrogens with one attached hydrogen (secondary N) is 2. The maximum atomic E-state index is 12.3. The molecule has 0 radical (unpaired) electrons. The summed E-state index contributed by atoms with van der Waals surface area (Å²) in [5, 5.41) is 10.9. The molecule has 0 saturated carbocycles. The van der Waals surface area contributed by atoms with Crippen molar-refractivity contribution in [3.8, 4) is 11.5 Å². The predicted octanol–water partition coefficient (Wildman–Crippen LogP) is 0.352. The van der Waals surface area contributed by atoms with E-state index in [0.717, 1.165) is 0 Å². The van der Waals surface area contributed by atoms with Crippen LogP contribution >= 0.6 is 0 Å². The number of carboxylic acids is 1. The number of sulfonamides is 1. The maximum absolute atomic E-state index is 12.3. The Morgan fingerprint density at radius 3 is 2.32 bits per heavy atom. The van der Waals surface area contributed by atoms with E-state index in [1.807, 2.05) is 0 Å². The Hall–Kier alpha value is -2.33. The number of amides is 1. The summed E-state index contributed by atoms with van der Waals surface area (Å²) >= 11 is 0. The molecule has 0 bridgehead atoms. The van der Waals surface area contributed by atoms with Crippen molar-refractivity contribution in [1.82, 2.24) is 10.0 Å². The van der Waals surface area contributed by atoms with Gasteiger partial charge in [0, 0.05) is 6.07 Å². The fraction of sp³-hybridized carbons (Fsp3) is 0.467. The van der Waals surface area contributed by atoms with Crippen molar-refractivity contribution in [2.75, 3.05) is 19.8 Å². The zero-order chi connectivity index (χ0) is 19.0. The van der Waals surface area contributed by atoms with E-state index in [1.54, 1.807) is 13.8 Å². The van der Waals surface area contributed by atoms with Crippen molar-refractivity contribution in [2.45, 2.75) is 31.7 Å². The topological polar surface area (TPSA) is 131 Å². The summed E-state index contributed by atoms with van der Waals surface area (Å²) in [6.45, 7) is 4.95. The molecule has 1 aromatic rings. The minimum absolute atomic E-state index is 0.0986. The highest BCUT2D eigenvalue weighted by Gasteiger charge is 2.20. The first-order valence-electron chi connectivity index (χ1n) is 7.62. The second-order valence-electron chi connectivity index (χ2n) is 4.93. The maximum Gasteiger partial charge on any atom is 0.325 e. The molecule has 0 unspecified atom stereocenters. The van der Waals surface area contributed by atoms with E-state index in [-0.39, 0.29) is 10.6 Å². The molecule has 0 spiro atoms. The van der Waals surface area contributed by atoms with Crippen LogP contribution in [0.5, 0.6) is 11.5 Å². The zero-order valence-electron chi connectivity index (χ0n) is 14.2. The van der Waals surface area contributed by atoms with E-state index < -0.39 is 34.5 Å². The smallest absolute Gasteiger partial charge is 0.325 e. The first kappa shape index (κ1) is 20.7. The van der Waals surface area contributed by atoms with Gasteiger partial charge in [-0.3, -0.25) is 9.59 Å². The lowest BCUT2D eigenvalue weighted by molar-refractivity contribution is -0.141. The molecule has 25 heavy (non-hydrogen) atoms. The van der Waals surface area contributed by atoms with Crippen LogP contribution in [0.2, 0.25) is 0 Å². The third-order valence-corrected chi connectivity index (χ3v) is 4.39. The molecule has 1 rings (SSSR count). The Bertz CT molecular complexity index is 719. The van der Waals surface area contributed by atoms with Gasteiger partial charge in [0.2, 0.25) is 15.9 Å². The van der Waals surface area contributed by atoms with Crippen LogP contribution in [0.1, 0.15) is 20.8 Å². The second-order valence-corrected chi connectivity index (χ2v) is 6.69.